The summed E-state index contributed by atoms with van der Waals surface area (Å²) < 4.78 is 5.37. The highest BCUT2D eigenvalue weighted by Gasteiger charge is 2.34. The van der Waals surface area contributed by atoms with Crippen molar-refractivity contribution in [2.75, 3.05) is 13.1 Å². The summed E-state index contributed by atoms with van der Waals surface area (Å²) in [6.45, 7) is 1.02. The molecule has 4 rings (SSSR count). The number of hydrogen-bond acceptors (Lipinski definition) is 5. The van der Waals surface area contributed by atoms with Crippen LogP contribution in [0.4, 0.5) is 0 Å². The third-order valence-electron chi connectivity index (χ3n) is 6.01. The molecule has 1 atom stereocenters. The summed E-state index contributed by atoms with van der Waals surface area (Å²) in [5.41, 5.74) is 0.857. The Bertz CT molecular complexity index is 830. The van der Waals surface area contributed by atoms with E-state index in [2.05, 4.69) is 15.5 Å². The van der Waals surface area contributed by atoms with Crippen molar-refractivity contribution in [1.82, 2.24) is 20.4 Å². The first-order valence-corrected chi connectivity index (χ1v) is 10.7. The maximum Gasteiger partial charge on any atom is 0.243 e. The van der Waals surface area contributed by atoms with Crippen LogP contribution in [0.25, 0.3) is 11.4 Å². The molecule has 1 aliphatic carbocycles. The van der Waals surface area contributed by atoms with E-state index in [9.17, 15) is 9.59 Å². The molecule has 0 bridgehead atoms. The van der Waals surface area contributed by atoms with Crippen LogP contribution in [0.2, 0.25) is 0 Å². The minimum absolute atomic E-state index is 0.0539. The maximum absolute atomic E-state index is 12.9. The molecule has 7 heteroatoms. The van der Waals surface area contributed by atoms with Crippen LogP contribution < -0.4 is 5.32 Å². The van der Waals surface area contributed by atoms with Crippen LogP contribution in [0.3, 0.4) is 0 Å². The number of piperazine rings is 1. The number of carbonyl (C=O) groups is 2. The molecule has 1 N–H and O–H groups in total. The Hall–Kier alpha value is -2.70. The molecule has 1 saturated heterocycles. The Morgan fingerprint density at radius 3 is 2.76 bits per heavy atom. The van der Waals surface area contributed by atoms with E-state index >= 15 is 0 Å². The van der Waals surface area contributed by atoms with Crippen LogP contribution in [0.5, 0.6) is 0 Å². The summed E-state index contributed by atoms with van der Waals surface area (Å²) in [6, 6.07) is 8.96. The van der Waals surface area contributed by atoms with E-state index in [-0.39, 0.29) is 18.2 Å². The fourth-order valence-electron chi connectivity index (χ4n) is 4.37. The molecule has 2 amide bonds. The molecule has 1 unspecified atom stereocenters. The highest BCUT2D eigenvalue weighted by molar-refractivity contribution is 5.89. The van der Waals surface area contributed by atoms with Gasteiger partial charge in [0.15, 0.2) is 0 Å². The minimum atomic E-state index is -0.591. The zero-order valence-electron chi connectivity index (χ0n) is 16.7. The lowest BCUT2D eigenvalue weighted by molar-refractivity contribution is -0.143. The van der Waals surface area contributed by atoms with Gasteiger partial charge in [0.05, 0.1) is 6.42 Å². The summed E-state index contributed by atoms with van der Waals surface area (Å²) in [6.07, 6.45) is 7.97. The summed E-state index contributed by atoms with van der Waals surface area (Å²) >= 11 is 0. The fourth-order valence-corrected chi connectivity index (χ4v) is 4.37. The lowest BCUT2D eigenvalue weighted by atomic mass is 9.86. The molecule has 2 aromatic rings. The average molecular weight is 396 g/mol. The zero-order chi connectivity index (χ0) is 20.1. The summed E-state index contributed by atoms with van der Waals surface area (Å²) in [5.74, 6) is 1.41. The Morgan fingerprint density at radius 1 is 1.17 bits per heavy atom. The van der Waals surface area contributed by atoms with Gasteiger partial charge in [-0.05, 0) is 12.3 Å². The first kappa shape index (κ1) is 19.6. The standard InChI is InChI=1S/C22H28N4O3/c27-20(12-11-16-7-3-1-4-8-16)26-14-13-23-22(28)18(26)15-19-24-21(25-29-19)17-9-5-2-6-10-17/h2,5-6,9-10,16,18H,1,3-4,7-8,11-15H2,(H,23,28). The van der Waals surface area contributed by atoms with Gasteiger partial charge in [0.1, 0.15) is 6.04 Å². The third kappa shape index (κ3) is 4.83. The molecule has 29 heavy (non-hydrogen) atoms. The Labute approximate surface area is 170 Å². The van der Waals surface area contributed by atoms with Gasteiger partial charge in [0.25, 0.3) is 0 Å². The molecule has 154 valence electrons. The molecule has 2 fully saturated rings. The zero-order valence-corrected chi connectivity index (χ0v) is 16.7. The Kier molecular flexibility index (Phi) is 6.22. The number of carbonyl (C=O) groups excluding carboxylic acids is 2. The predicted octanol–water partition coefficient (Wildman–Crippen LogP) is 2.97. The van der Waals surface area contributed by atoms with Crippen molar-refractivity contribution in [3.05, 3.63) is 36.2 Å². The quantitative estimate of drug-likeness (QED) is 0.811. The van der Waals surface area contributed by atoms with Crippen LogP contribution in [0.1, 0.15) is 50.8 Å². The van der Waals surface area contributed by atoms with Crippen LogP contribution in [-0.2, 0) is 16.0 Å². The van der Waals surface area contributed by atoms with Crippen LogP contribution in [0, 0.1) is 5.92 Å². The smallest absolute Gasteiger partial charge is 0.243 e. The lowest BCUT2D eigenvalue weighted by Gasteiger charge is -2.35. The van der Waals surface area contributed by atoms with Gasteiger partial charge < -0.3 is 14.7 Å². The van der Waals surface area contributed by atoms with E-state index in [1.165, 1.54) is 32.1 Å². The molecule has 0 radical (unpaired) electrons. The topological polar surface area (TPSA) is 88.3 Å². The van der Waals surface area contributed by atoms with Crippen molar-refractivity contribution < 1.29 is 14.1 Å². The number of hydrogen-bond donors (Lipinski definition) is 1. The number of nitrogens with one attached hydrogen (secondary N) is 1. The molecule has 2 aliphatic rings. The Morgan fingerprint density at radius 2 is 1.97 bits per heavy atom. The van der Waals surface area contributed by atoms with E-state index < -0.39 is 6.04 Å². The normalized spacial score (nSPS) is 20.5. The van der Waals surface area contributed by atoms with Crippen molar-refractivity contribution in [1.29, 1.82) is 0 Å². The average Bonchev–Trinajstić information content (AvgIpc) is 3.23. The maximum atomic E-state index is 12.9. The second-order valence-corrected chi connectivity index (χ2v) is 8.02. The van der Waals surface area contributed by atoms with E-state index in [1.54, 1.807) is 4.90 Å². The molecule has 1 aromatic carbocycles. The summed E-state index contributed by atoms with van der Waals surface area (Å²) in [5, 5.41) is 6.88. The first-order chi connectivity index (χ1) is 14.2. The number of aromatic nitrogens is 2. The molecule has 1 saturated carbocycles. The molecule has 2 heterocycles. The van der Waals surface area contributed by atoms with Gasteiger partial charge in [-0.2, -0.15) is 4.98 Å². The molecule has 0 spiro atoms. The second kappa shape index (κ2) is 9.20. The molecular formula is C22H28N4O3. The van der Waals surface area contributed by atoms with Crippen LogP contribution in [0.15, 0.2) is 34.9 Å². The fraction of sp³-hybridized carbons (Fsp3) is 0.545. The van der Waals surface area contributed by atoms with Gasteiger partial charge in [-0.3, -0.25) is 9.59 Å². The van der Waals surface area contributed by atoms with Crippen LogP contribution >= 0.6 is 0 Å². The number of rotatable bonds is 6. The van der Waals surface area contributed by atoms with Crippen molar-refractivity contribution >= 4 is 11.8 Å². The highest BCUT2D eigenvalue weighted by Crippen LogP contribution is 2.28. The van der Waals surface area contributed by atoms with E-state index in [4.69, 9.17) is 4.52 Å². The molecule has 1 aromatic heterocycles. The first-order valence-electron chi connectivity index (χ1n) is 10.7. The number of nitrogens with zero attached hydrogens (tertiary/aromatic N) is 3. The van der Waals surface area contributed by atoms with Gasteiger partial charge in [0.2, 0.25) is 23.5 Å². The van der Waals surface area contributed by atoms with E-state index in [1.807, 2.05) is 30.3 Å². The second-order valence-electron chi connectivity index (χ2n) is 8.02. The van der Waals surface area contributed by atoms with Crippen molar-refractivity contribution in [2.24, 2.45) is 5.92 Å². The minimum Gasteiger partial charge on any atom is -0.353 e. The number of amides is 2. The molecule has 1 aliphatic heterocycles. The summed E-state index contributed by atoms with van der Waals surface area (Å²) in [7, 11) is 0. The van der Waals surface area contributed by atoms with E-state index in [0.29, 0.717) is 37.1 Å². The Balaban J connectivity index is 1.40. The van der Waals surface area contributed by atoms with Gasteiger partial charge in [0, 0.05) is 25.1 Å². The third-order valence-corrected chi connectivity index (χ3v) is 6.01. The van der Waals surface area contributed by atoms with Crippen LogP contribution in [-0.4, -0.2) is 46.0 Å². The van der Waals surface area contributed by atoms with Gasteiger partial charge in [-0.1, -0.05) is 67.6 Å². The molecular weight excluding hydrogens is 368 g/mol. The SMILES string of the molecule is O=C1NCCN(C(=O)CCC2CCCCC2)C1Cc1nc(-c2ccccc2)no1. The highest BCUT2D eigenvalue weighted by atomic mass is 16.5. The van der Waals surface area contributed by atoms with E-state index in [0.717, 1.165) is 12.0 Å². The van der Waals surface area contributed by atoms with Gasteiger partial charge in [-0.15, -0.1) is 0 Å². The van der Waals surface area contributed by atoms with Crippen molar-refractivity contribution in [3.8, 4) is 11.4 Å². The lowest BCUT2D eigenvalue weighted by Crippen LogP contribution is -2.58. The van der Waals surface area contributed by atoms with Crippen molar-refractivity contribution in [3.63, 3.8) is 0 Å². The van der Waals surface area contributed by atoms with Crippen molar-refractivity contribution in [2.45, 2.75) is 57.4 Å². The van der Waals surface area contributed by atoms with Gasteiger partial charge >= 0.3 is 0 Å². The summed E-state index contributed by atoms with van der Waals surface area (Å²) in [4.78, 5) is 31.5. The van der Waals surface area contributed by atoms with Gasteiger partial charge in [-0.25, -0.2) is 0 Å². The monoisotopic (exact) mass is 396 g/mol. The largest absolute Gasteiger partial charge is 0.353 e. The molecule has 7 nitrogen and oxygen atoms in total. The number of benzene rings is 1. The predicted molar refractivity (Wildman–Crippen MR) is 108 cm³/mol.